The maximum absolute atomic E-state index is 14.4. The number of benzene rings is 3. The predicted molar refractivity (Wildman–Crippen MR) is 108 cm³/mol. The molecule has 0 heterocycles. The van der Waals surface area contributed by atoms with Crippen LogP contribution in [0.25, 0.3) is 0 Å². The Kier molecular flexibility index (Phi) is 7.24. The number of halogens is 5. The number of hydrogen-bond donors (Lipinski definition) is 0. The van der Waals surface area contributed by atoms with E-state index in [1.165, 1.54) is 24.3 Å². The first-order valence-electron chi connectivity index (χ1n) is 10.1. The summed E-state index contributed by atoms with van der Waals surface area (Å²) in [4.78, 5) is 0. The van der Waals surface area contributed by atoms with Crippen LogP contribution >= 0.6 is 0 Å². The molecule has 0 saturated heterocycles. The third kappa shape index (κ3) is 5.47. The number of rotatable bonds is 8. The summed E-state index contributed by atoms with van der Waals surface area (Å²) in [6.45, 7) is 1.94. The van der Waals surface area contributed by atoms with E-state index in [0.29, 0.717) is 47.9 Å². The van der Waals surface area contributed by atoms with Gasteiger partial charge >= 0.3 is 0 Å². The Balaban J connectivity index is 1.63. The molecule has 0 aromatic heterocycles. The summed E-state index contributed by atoms with van der Waals surface area (Å²) in [6.07, 6.45) is 2.57. The minimum Gasteiger partial charge on any atom is -0.207 e. The highest BCUT2D eigenvalue weighted by molar-refractivity contribution is 5.30. The van der Waals surface area contributed by atoms with Gasteiger partial charge in [-0.2, -0.15) is 0 Å². The lowest BCUT2D eigenvalue weighted by atomic mass is 9.98. The van der Waals surface area contributed by atoms with Crippen molar-refractivity contribution in [3.8, 4) is 0 Å². The maximum Gasteiger partial charge on any atom is 0.159 e. The molecular weight excluding hydrogens is 395 g/mol. The molecule has 158 valence electrons. The van der Waals surface area contributed by atoms with Crippen molar-refractivity contribution in [1.82, 2.24) is 0 Å². The maximum atomic E-state index is 14.4. The zero-order valence-corrected chi connectivity index (χ0v) is 16.8. The Morgan fingerprint density at radius 3 is 1.67 bits per heavy atom. The molecule has 0 spiro atoms. The fraction of sp³-hybridized carbons (Fsp3) is 0.280. The topological polar surface area (TPSA) is 0 Å². The molecule has 30 heavy (non-hydrogen) atoms. The molecule has 0 N–H and O–H groups in total. The average Bonchev–Trinajstić information content (AvgIpc) is 2.69. The lowest BCUT2D eigenvalue weighted by molar-refractivity contribution is 0.507. The summed E-state index contributed by atoms with van der Waals surface area (Å²) in [5, 5.41) is 0. The van der Waals surface area contributed by atoms with Crippen molar-refractivity contribution in [2.24, 2.45) is 0 Å². The van der Waals surface area contributed by atoms with E-state index in [-0.39, 0.29) is 12.0 Å². The Morgan fingerprint density at radius 2 is 1.07 bits per heavy atom. The van der Waals surface area contributed by atoms with Gasteiger partial charge in [0.15, 0.2) is 11.6 Å². The van der Waals surface area contributed by atoms with Crippen LogP contribution in [0.15, 0.2) is 48.5 Å². The van der Waals surface area contributed by atoms with Crippen LogP contribution in [0.1, 0.15) is 41.2 Å². The van der Waals surface area contributed by atoms with Crippen LogP contribution in [0.2, 0.25) is 0 Å². The van der Waals surface area contributed by atoms with Gasteiger partial charge in [0.1, 0.15) is 17.5 Å². The van der Waals surface area contributed by atoms with Crippen molar-refractivity contribution < 1.29 is 22.0 Å². The summed E-state index contributed by atoms with van der Waals surface area (Å²) in [7, 11) is 0. The molecule has 0 aliphatic rings. The van der Waals surface area contributed by atoms with Gasteiger partial charge in [0.2, 0.25) is 0 Å². The van der Waals surface area contributed by atoms with Crippen LogP contribution in [0, 0.1) is 29.1 Å². The van der Waals surface area contributed by atoms with Gasteiger partial charge in [-0.05, 0) is 84.7 Å². The van der Waals surface area contributed by atoms with Gasteiger partial charge in [0.25, 0.3) is 0 Å². The molecule has 5 heteroatoms. The monoisotopic (exact) mass is 418 g/mol. The Bertz CT molecular complexity index is 1000. The molecule has 0 aliphatic heterocycles. The van der Waals surface area contributed by atoms with Crippen LogP contribution in [0.3, 0.4) is 0 Å². The first-order valence-corrected chi connectivity index (χ1v) is 10.1. The van der Waals surface area contributed by atoms with Crippen LogP contribution in [0.4, 0.5) is 22.0 Å². The zero-order chi connectivity index (χ0) is 21.7. The largest absolute Gasteiger partial charge is 0.207 e. The second-order valence-electron chi connectivity index (χ2n) is 7.46. The van der Waals surface area contributed by atoms with Gasteiger partial charge in [-0.1, -0.05) is 31.5 Å². The van der Waals surface area contributed by atoms with Gasteiger partial charge < -0.3 is 0 Å². The summed E-state index contributed by atoms with van der Waals surface area (Å²) in [5.74, 6) is -3.40. The smallest absolute Gasteiger partial charge is 0.159 e. The Labute approximate surface area is 173 Å². The Morgan fingerprint density at radius 1 is 0.500 bits per heavy atom. The second kappa shape index (κ2) is 9.88. The van der Waals surface area contributed by atoms with Gasteiger partial charge in [0, 0.05) is 5.56 Å². The lowest BCUT2D eigenvalue weighted by Gasteiger charge is -2.10. The van der Waals surface area contributed by atoms with Crippen molar-refractivity contribution in [3.05, 3.63) is 105 Å². The molecule has 0 amide bonds. The molecule has 3 aromatic rings. The van der Waals surface area contributed by atoms with Crippen molar-refractivity contribution in [1.29, 1.82) is 0 Å². The van der Waals surface area contributed by atoms with Gasteiger partial charge in [-0.3, -0.25) is 0 Å². The minimum absolute atomic E-state index is 0.0117. The third-order valence-corrected chi connectivity index (χ3v) is 5.19. The summed E-state index contributed by atoms with van der Waals surface area (Å²) < 4.78 is 69.2. The van der Waals surface area contributed by atoms with E-state index >= 15 is 0 Å². The van der Waals surface area contributed by atoms with Gasteiger partial charge in [-0.25, -0.2) is 22.0 Å². The fourth-order valence-electron chi connectivity index (χ4n) is 3.52. The number of hydrogen-bond acceptors (Lipinski definition) is 0. The highest BCUT2D eigenvalue weighted by atomic mass is 19.2. The molecule has 0 saturated carbocycles. The highest BCUT2D eigenvalue weighted by Crippen LogP contribution is 2.20. The van der Waals surface area contributed by atoms with Crippen molar-refractivity contribution in [2.75, 3.05) is 0 Å². The zero-order valence-electron chi connectivity index (χ0n) is 16.8. The van der Waals surface area contributed by atoms with Crippen molar-refractivity contribution >= 4 is 0 Å². The molecule has 0 fully saturated rings. The minimum atomic E-state index is -0.925. The van der Waals surface area contributed by atoms with Crippen LogP contribution in [-0.4, -0.2) is 0 Å². The normalized spacial score (nSPS) is 11.1. The molecule has 0 unspecified atom stereocenters. The van der Waals surface area contributed by atoms with Gasteiger partial charge in [-0.15, -0.1) is 0 Å². The number of aryl methyl sites for hydroxylation is 4. The fourth-order valence-corrected chi connectivity index (χ4v) is 3.52. The van der Waals surface area contributed by atoms with E-state index in [1.807, 2.05) is 6.92 Å². The summed E-state index contributed by atoms with van der Waals surface area (Å²) in [6, 6.07) is 11.1. The quantitative estimate of drug-likeness (QED) is 0.349. The predicted octanol–water partition coefficient (Wildman–Crippen LogP) is 6.91. The molecule has 0 bridgehead atoms. The van der Waals surface area contributed by atoms with Crippen molar-refractivity contribution in [3.63, 3.8) is 0 Å². The third-order valence-electron chi connectivity index (χ3n) is 5.19. The summed E-state index contributed by atoms with van der Waals surface area (Å²) in [5.41, 5.74) is 2.31. The molecule has 3 aromatic carbocycles. The van der Waals surface area contributed by atoms with E-state index in [2.05, 4.69) is 0 Å². The van der Waals surface area contributed by atoms with E-state index in [0.717, 1.165) is 18.6 Å². The van der Waals surface area contributed by atoms with Crippen molar-refractivity contribution in [2.45, 2.75) is 45.4 Å². The summed E-state index contributed by atoms with van der Waals surface area (Å²) >= 11 is 0. The molecule has 0 atom stereocenters. The molecule has 0 radical (unpaired) electrons. The SMILES string of the molecule is CCCc1cc(F)c(CCc2ccc(CCc3ccc(F)c(F)c3)c(F)c2)c(F)c1. The van der Waals surface area contributed by atoms with Crippen LogP contribution in [-0.2, 0) is 32.1 Å². The van der Waals surface area contributed by atoms with E-state index in [1.54, 1.807) is 12.1 Å². The second-order valence-corrected chi connectivity index (χ2v) is 7.46. The first kappa shape index (κ1) is 22.0. The molecule has 0 nitrogen and oxygen atoms in total. The lowest BCUT2D eigenvalue weighted by Crippen LogP contribution is -2.02. The Hall–Kier alpha value is -2.69. The standard InChI is InChI=1S/C25H23F5/c1-2-3-18-14-23(28)20(24(29)15-18)10-6-16-4-8-19(22(27)12-16)9-5-17-7-11-21(26)25(30)13-17/h4,7-8,11-15H,2-3,5-6,9-10H2,1H3. The van der Waals surface area contributed by atoms with Gasteiger partial charge in [0.05, 0.1) is 0 Å². The highest BCUT2D eigenvalue weighted by Gasteiger charge is 2.12. The first-order chi connectivity index (χ1) is 14.4. The van der Waals surface area contributed by atoms with E-state index in [4.69, 9.17) is 0 Å². The molecule has 0 aliphatic carbocycles. The van der Waals surface area contributed by atoms with E-state index < -0.39 is 29.1 Å². The molecular formula is C25H23F5. The van der Waals surface area contributed by atoms with E-state index in [9.17, 15) is 22.0 Å². The molecule has 3 rings (SSSR count). The average molecular weight is 418 g/mol. The van der Waals surface area contributed by atoms with Crippen LogP contribution in [0.5, 0.6) is 0 Å². The van der Waals surface area contributed by atoms with Crippen LogP contribution < -0.4 is 0 Å².